The fourth-order valence-corrected chi connectivity index (χ4v) is 3.49. The molecule has 1 fully saturated rings. The Kier molecular flexibility index (Phi) is 5.64. The van der Waals surface area contributed by atoms with Gasteiger partial charge in [0.1, 0.15) is 18.0 Å². The minimum Gasteiger partial charge on any atom is -0.426 e. The standard InChI is InChI=1S/C16H20N3O7P/c1-16(17)13(21)11(9-24-27(23)26-10-5-3-2-4-6-10)25-14(16)19-8-7-12(20)18-15(19)22/h2-8,11,13-14,21,27H,9,17H2,1H3,(H,18,20,22)/t11-,13-,14-,16-/m1/s1. The molecule has 0 aliphatic carbocycles. The summed E-state index contributed by atoms with van der Waals surface area (Å²) in [6.45, 7) is 1.25. The minimum atomic E-state index is -2.88. The molecule has 146 valence electrons. The molecular formula is C16H20N3O7P. The second kappa shape index (κ2) is 7.79. The highest BCUT2D eigenvalue weighted by Crippen LogP contribution is 2.37. The fraction of sp³-hybridized carbons (Fsp3) is 0.375. The molecule has 0 bridgehead atoms. The summed E-state index contributed by atoms with van der Waals surface area (Å²) in [6, 6.07) is 9.63. The van der Waals surface area contributed by atoms with Crippen LogP contribution in [0.1, 0.15) is 13.2 Å². The summed E-state index contributed by atoms with van der Waals surface area (Å²) < 4.78 is 29.0. The molecule has 2 heterocycles. The quantitative estimate of drug-likeness (QED) is 0.577. The number of H-pyrrole nitrogens is 1. The molecular weight excluding hydrogens is 377 g/mol. The van der Waals surface area contributed by atoms with Crippen molar-refractivity contribution in [1.82, 2.24) is 9.55 Å². The SMILES string of the molecule is C[C@@]1(N)[C@H](O)[C@@H](CO[PH](=O)Oc2ccccc2)O[C@H]1n1ccc(=O)[nH]c1=O. The first-order valence-corrected chi connectivity index (χ1v) is 9.35. The van der Waals surface area contributed by atoms with Gasteiger partial charge >= 0.3 is 13.9 Å². The van der Waals surface area contributed by atoms with E-state index in [9.17, 15) is 19.3 Å². The Hall–Kier alpha value is -2.23. The van der Waals surface area contributed by atoms with Gasteiger partial charge in [0.2, 0.25) is 0 Å². The van der Waals surface area contributed by atoms with Gasteiger partial charge in [0.25, 0.3) is 5.56 Å². The molecule has 1 aromatic carbocycles. The molecule has 0 amide bonds. The van der Waals surface area contributed by atoms with Crippen LogP contribution in [-0.2, 0) is 13.8 Å². The number of aliphatic hydroxyl groups is 1. The van der Waals surface area contributed by atoms with Crippen molar-refractivity contribution in [3.63, 3.8) is 0 Å². The molecule has 4 N–H and O–H groups in total. The van der Waals surface area contributed by atoms with Crippen molar-refractivity contribution in [2.24, 2.45) is 5.73 Å². The molecule has 0 spiro atoms. The van der Waals surface area contributed by atoms with Crippen LogP contribution < -0.4 is 21.5 Å². The van der Waals surface area contributed by atoms with Gasteiger partial charge in [-0.25, -0.2) is 9.36 Å². The molecule has 5 atom stereocenters. The maximum Gasteiger partial charge on any atom is 0.367 e. The largest absolute Gasteiger partial charge is 0.426 e. The summed E-state index contributed by atoms with van der Waals surface area (Å²) in [7, 11) is -2.88. The lowest BCUT2D eigenvalue weighted by Crippen LogP contribution is -2.53. The highest BCUT2D eigenvalue weighted by molar-refractivity contribution is 7.33. The molecule has 11 heteroatoms. The molecule has 27 heavy (non-hydrogen) atoms. The van der Waals surface area contributed by atoms with E-state index in [4.69, 9.17) is 19.5 Å². The maximum atomic E-state index is 12.0. The normalized spacial score (nSPS) is 28.8. The summed E-state index contributed by atoms with van der Waals surface area (Å²) in [6.07, 6.45) is -1.98. The molecule has 3 rings (SSSR count). The molecule has 0 radical (unpaired) electrons. The van der Waals surface area contributed by atoms with Crippen molar-refractivity contribution in [2.75, 3.05) is 6.61 Å². The number of rotatable bonds is 6. The Morgan fingerprint density at radius 3 is 2.70 bits per heavy atom. The molecule has 1 aromatic heterocycles. The Bertz CT molecular complexity index is 927. The van der Waals surface area contributed by atoms with Gasteiger partial charge in [0.05, 0.1) is 12.1 Å². The van der Waals surface area contributed by atoms with Gasteiger partial charge < -0.3 is 20.1 Å². The van der Waals surface area contributed by atoms with E-state index in [2.05, 4.69) is 4.98 Å². The third-order valence-electron chi connectivity index (χ3n) is 4.24. The predicted octanol–water partition coefficient (Wildman–Crippen LogP) is -0.00240. The first-order valence-electron chi connectivity index (χ1n) is 8.12. The lowest BCUT2D eigenvalue weighted by molar-refractivity contribution is -0.0442. The Balaban J connectivity index is 1.68. The zero-order chi connectivity index (χ0) is 19.6. The number of aliphatic hydroxyl groups excluding tert-OH is 1. The Labute approximate surface area is 154 Å². The highest BCUT2D eigenvalue weighted by Gasteiger charge is 2.52. The first kappa shape index (κ1) is 19.5. The summed E-state index contributed by atoms with van der Waals surface area (Å²) in [5.74, 6) is 0.385. The zero-order valence-electron chi connectivity index (χ0n) is 14.4. The number of benzene rings is 1. The van der Waals surface area contributed by atoms with Crippen molar-refractivity contribution in [2.45, 2.75) is 30.9 Å². The Morgan fingerprint density at radius 2 is 2.04 bits per heavy atom. The molecule has 1 unspecified atom stereocenters. The molecule has 1 aliphatic rings. The van der Waals surface area contributed by atoms with E-state index >= 15 is 0 Å². The van der Waals surface area contributed by atoms with Gasteiger partial charge in [-0.2, -0.15) is 0 Å². The molecule has 1 aliphatic heterocycles. The lowest BCUT2D eigenvalue weighted by atomic mass is 9.93. The van der Waals surface area contributed by atoms with E-state index in [1.54, 1.807) is 30.3 Å². The van der Waals surface area contributed by atoms with Crippen molar-refractivity contribution in [1.29, 1.82) is 0 Å². The molecule has 0 saturated carbocycles. The van der Waals surface area contributed by atoms with E-state index < -0.39 is 43.5 Å². The molecule has 1 saturated heterocycles. The van der Waals surface area contributed by atoms with Crippen LogP contribution in [0.15, 0.2) is 52.2 Å². The van der Waals surface area contributed by atoms with E-state index in [1.807, 2.05) is 0 Å². The van der Waals surface area contributed by atoms with Crippen LogP contribution in [0.4, 0.5) is 0 Å². The minimum absolute atomic E-state index is 0.257. The van der Waals surface area contributed by atoms with Crippen molar-refractivity contribution in [3.8, 4) is 5.75 Å². The molecule has 2 aromatic rings. The topological polar surface area (TPSA) is 146 Å². The van der Waals surface area contributed by atoms with Crippen LogP contribution in [0, 0.1) is 0 Å². The molecule has 10 nitrogen and oxygen atoms in total. The van der Waals surface area contributed by atoms with Crippen LogP contribution in [0.2, 0.25) is 0 Å². The van der Waals surface area contributed by atoms with Crippen LogP contribution in [0.5, 0.6) is 5.75 Å². The van der Waals surface area contributed by atoms with E-state index in [0.717, 1.165) is 10.6 Å². The highest BCUT2D eigenvalue weighted by atomic mass is 31.1. The third-order valence-corrected chi connectivity index (χ3v) is 5.04. The number of nitrogens with one attached hydrogen (secondary N) is 1. The maximum absolute atomic E-state index is 12.0. The third kappa shape index (κ3) is 4.20. The summed E-state index contributed by atoms with van der Waals surface area (Å²) in [4.78, 5) is 25.3. The van der Waals surface area contributed by atoms with E-state index in [0.29, 0.717) is 5.75 Å². The van der Waals surface area contributed by atoms with Crippen molar-refractivity contribution < 1.29 is 23.5 Å². The average Bonchev–Trinajstić information content (AvgIpc) is 2.84. The number of hydrogen-bond donors (Lipinski definition) is 3. The smallest absolute Gasteiger partial charge is 0.367 e. The predicted molar refractivity (Wildman–Crippen MR) is 95.9 cm³/mol. The number of hydrogen-bond acceptors (Lipinski definition) is 8. The number of nitrogens with zero attached hydrogens (tertiary/aromatic N) is 1. The number of aromatic nitrogens is 2. The van der Waals surface area contributed by atoms with Crippen LogP contribution >= 0.6 is 8.25 Å². The second-order valence-corrected chi connectivity index (χ2v) is 7.32. The van der Waals surface area contributed by atoms with Gasteiger partial charge in [-0.1, -0.05) is 18.2 Å². The van der Waals surface area contributed by atoms with E-state index in [-0.39, 0.29) is 6.61 Å². The van der Waals surface area contributed by atoms with Crippen LogP contribution in [0.3, 0.4) is 0 Å². The number of nitrogens with two attached hydrogens (primary N) is 1. The number of para-hydroxylation sites is 1. The lowest BCUT2D eigenvalue weighted by Gasteiger charge is -2.28. The Morgan fingerprint density at radius 1 is 1.33 bits per heavy atom. The number of ether oxygens (including phenoxy) is 1. The van der Waals surface area contributed by atoms with Crippen LogP contribution in [-0.4, -0.2) is 39.0 Å². The van der Waals surface area contributed by atoms with Gasteiger partial charge in [-0.3, -0.25) is 18.9 Å². The van der Waals surface area contributed by atoms with Gasteiger partial charge in [-0.15, -0.1) is 0 Å². The second-order valence-electron chi connectivity index (χ2n) is 6.33. The zero-order valence-corrected chi connectivity index (χ0v) is 15.4. The summed E-state index contributed by atoms with van der Waals surface area (Å²) in [5, 5.41) is 10.4. The van der Waals surface area contributed by atoms with Gasteiger partial charge in [0, 0.05) is 12.3 Å². The fourth-order valence-electron chi connectivity index (χ4n) is 2.81. The number of aromatic amines is 1. The van der Waals surface area contributed by atoms with Crippen molar-refractivity contribution in [3.05, 3.63) is 63.4 Å². The first-order chi connectivity index (χ1) is 12.8. The average molecular weight is 397 g/mol. The van der Waals surface area contributed by atoms with Gasteiger partial charge in [-0.05, 0) is 19.1 Å². The summed E-state index contributed by atoms with van der Waals surface area (Å²) in [5.41, 5.74) is 3.50. The van der Waals surface area contributed by atoms with Crippen LogP contribution in [0.25, 0.3) is 0 Å². The monoisotopic (exact) mass is 397 g/mol. The van der Waals surface area contributed by atoms with E-state index in [1.165, 1.54) is 13.1 Å². The van der Waals surface area contributed by atoms with Gasteiger partial charge in [0.15, 0.2) is 6.23 Å². The summed E-state index contributed by atoms with van der Waals surface area (Å²) >= 11 is 0. The van der Waals surface area contributed by atoms with Crippen molar-refractivity contribution >= 4 is 8.25 Å².